The average Bonchev–Trinajstić information content (AvgIpc) is 2.76. The van der Waals surface area contributed by atoms with Crippen molar-refractivity contribution >= 4 is 5.97 Å². The number of cyclic esters (lactones) is 1. The number of para-hydroxylation sites is 1. The Kier molecular flexibility index (Phi) is 6.90. The Labute approximate surface area is 165 Å². The van der Waals surface area contributed by atoms with E-state index in [9.17, 15) is 4.79 Å². The van der Waals surface area contributed by atoms with E-state index in [1.807, 2.05) is 61.5 Å². The molecule has 1 aliphatic heterocycles. The summed E-state index contributed by atoms with van der Waals surface area (Å²) in [5, 5.41) is 0. The summed E-state index contributed by atoms with van der Waals surface area (Å²) in [4.78, 5) is 12.2. The fourth-order valence-corrected chi connectivity index (χ4v) is 3.20. The highest BCUT2D eigenvalue weighted by Crippen LogP contribution is 2.23. The normalized spacial score (nSPS) is 25.8. The maximum absolute atomic E-state index is 12.2. The van der Waals surface area contributed by atoms with Gasteiger partial charge in [-0.2, -0.15) is 0 Å². The SMILES string of the molecule is COc1ccc(C[C@H]2OCC[C@H](N)C(=O)O[C@@H](C)[C@@H]2Oc2ccccc2)cc1. The molecule has 6 nitrogen and oxygen atoms in total. The van der Waals surface area contributed by atoms with E-state index in [1.165, 1.54) is 0 Å². The van der Waals surface area contributed by atoms with Gasteiger partial charge in [0, 0.05) is 13.0 Å². The first-order chi connectivity index (χ1) is 13.6. The number of carbonyl (C=O) groups is 1. The van der Waals surface area contributed by atoms with E-state index < -0.39 is 24.2 Å². The largest absolute Gasteiger partial charge is 0.497 e. The van der Waals surface area contributed by atoms with Crippen LogP contribution in [0.1, 0.15) is 18.9 Å². The molecular weight excluding hydrogens is 358 g/mol. The zero-order chi connectivity index (χ0) is 19.9. The summed E-state index contributed by atoms with van der Waals surface area (Å²) in [6, 6.07) is 16.6. The van der Waals surface area contributed by atoms with Crippen LogP contribution in [0, 0.1) is 0 Å². The molecule has 0 radical (unpaired) electrons. The molecule has 2 aromatic carbocycles. The Morgan fingerprint density at radius 1 is 1.07 bits per heavy atom. The zero-order valence-electron chi connectivity index (χ0n) is 16.2. The molecule has 0 aliphatic carbocycles. The molecule has 28 heavy (non-hydrogen) atoms. The van der Waals surface area contributed by atoms with E-state index in [-0.39, 0.29) is 6.10 Å². The fourth-order valence-electron chi connectivity index (χ4n) is 3.20. The molecule has 6 heteroatoms. The van der Waals surface area contributed by atoms with Crippen LogP contribution in [0.5, 0.6) is 11.5 Å². The first-order valence-electron chi connectivity index (χ1n) is 9.49. The van der Waals surface area contributed by atoms with Crippen LogP contribution in [0.2, 0.25) is 0 Å². The highest BCUT2D eigenvalue weighted by molar-refractivity contribution is 5.75. The van der Waals surface area contributed by atoms with Gasteiger partial charge in [-0.1, -0.05) is 30.3 Å². The third-order valence-corrected chi connectivity index (χ3v) is 4.81. The molecule has 1 heterocycles. The predicted octanol–water partition coefficient (Wildman–Crippen LogP) is 2.73. The summed E-state index contributed by atoms with van der Waals surface area (Å²) >= 11 is 0. The van der Waals surface area contributed by atoms with Gasteiger partial charge in [-0.05, 0) is 43.2 Å². The van der Waals surface area contributed by atoms with Crippen LogP contribution in [0.3, 0.4) is 0 Å². The van der Waals surface area contributed by atoms with Crippen molar-refractivity contribution < 1.29 is 23.7 Å². The first-order valence-corrected chi connectivity index (χ1v) is 9.49. The van der Waals surface area contributed by atoms with Crippen LogP contribution in [-0.4, -0.2) is 44.0 Å². The lowest BCUT2D eigenvalue weighted by atomic mass is 10.00. The summed E-state index contributed by atoms with van der Waals surface area (Å²) in [6.45, 7) is 2.17. The summed E-state index contributed by atoms with van der Waals surface area (Å²) in [7, 11) is 1.64. The van der Waals surface area contributed by atoms with E-state index >= 15 is 0 Å². The molecule has 3 rings (SSSR count). The first kappa shape index (κ1) is 20.2. The van der Waals surface area contributed by atoms with E-state index in [4.69, 9.17) is 24.7 Å². The van der Waals surface area contributed by atoms with E-state index in [1.54, 1.807) is 7.11 Å². The van der Waals surface area contributed by atoms with Crippen LogP contribution in [0.25, 0.3) is 0 Å². The number of nitrogens with two attached hydrogens (primary N) is 1. The molecule has 1 fully saturated rings. The van der Waals surface area contributed by atoms with E-state index in [0.29, 0.717) is 25.2 Å². The maximum atomic E-state index is 12.2. The smallest absolute Gasteiger partial charge is 0.323 e. The topological polar surface area (TPSA) is 80.0 Å². The molecule has 0 unspecified atom stereocenters. The molecular formula is C22H27NO5. The minimum absolute atomic E-state index is 0.304. The number of rotatable bonds is 5. The Morgan fingerprint density at radius 3 is 2.46 bits per heavy atom. The minimum atomic E-state index is -0.695. The number of esters is 1. The van der Waals surface area contributed by atoms with Crippen molar-refractivity contribution in [2.45, 2.75) is 44.1 Å². The van der Waals surface area contributed by atoms with Gasteiger partial charge in [0.15, 0.2) is 6.10 Å². The van der Waals surface area contributed by atoms with Crippen LogP contribution >= 0.6 is 0 Å². The maximum Gasteiger partial charge on any atom is 0.323 e. The number of methoxy groups -OCH3 is 1. The van der Waals surface area contributed by atoms with Crippen molar-refractivity contribution in [3.05, 3.63) is 60.2 Å². The summed E-state index contributed by atoms with van der Waals surface area (Å²) < 4.78 is 23.1. The molecule has 0 spiro atoms. The van der Waals surface area contributed by atoms with Crippen LogP contribution in [-0.2, 0) is 20.7 Å². The Morgan fingerprint density at radius 2 is 1.79 bits per heavy atom. The highest BCUT2D eigenvalue weighted by atomic mass is 16.6. The average molecular weight is 385 g/mol. The highest BCUT2D eigenvalue weighted by Gasteiger charge is 2.35. The van der Waals surface area contributed by atoms with Crippen LogP contribution in [0.4, 0.5) is 0 Å². The molecule has 1 aliphatic rings. The summed E-state index contributed by atoms with van der Waals surface area (Å²) in [5.41, 5.74) is 6.98. The predicted molar refractivity (Wildman–Crippen MR) is 105 cm³/mol. The molecule has 2 N–H and O–H groups in total. The van der Waals surface area contributed by atoms with Gasteiger partial charge in [0.2, 0.25) is 0 Å². The Bertz CT molecular complexity index is 749. The van der Waals surface area contributed by atoms with Crippen molar-refractivity contribution in [1.82, 2.24) is 0 Å². The Balaban J connectivity index is 1.84. The van der Waals surface area contributed by atoms with Gasteiger partial charge >= 0.3 is 5.97 Å². The van der Waals surface area contributed by atoms with Crippen LogP contribution in [0.15, 0.2) is 54.6 Å². The van der Waals surface area contributed by atoms with E-state index in [2.05, 4.69) is 0 Å². The monoisotopic (exact) mass is 385 g/mol. The minimum Gasteiger partial charge on any atom is -0.497 e. The lowest BCUT2D eigenvalue weighted by molar-refractivity contribution is -0.156. The number of hydrogen-bond acceptors (Lipinski definition) is 6. The van der Waals surface area contributed by atoms with Crippen molar-refractivity contribution in [2.24, 2.45) is 5.73 Å². The van der Waals surface area contributed by atoms with Crippen molar-refractivity contribution in [3.8, 4) is 11.5 Å². The van der Waals surface area contributed by atoms with Gasteiger partial charge in [0.1, 0.15) is 29.7 Å². The van der Waals surface area contributed by atoms with Crippen LogP contribution < -0.4 is 15.2 Å². The second-order valence-electron chi connectivity index (χ2n) is 6.89. The molecule has 4 atom stereocenters. The number of hydrogen-bond donors (Lipinski definition) is 1. The van der Waals surface area contributed by atoms with Gasteiger partial charge < -0.3 is 24.7 Å². The summed E-state index contributed by atoms with van der Waals surface area (Å²) in [6.07, 6.45) is -0.276. The third kappa shape index (κ3) is 5.24. The molecule has 0 amide bonds. The zero-order valence-corrected chi connectivity index (χ0v) is 16.2. The third-order valence-electron chi connectivity index (χ3n) is 4.81. The molecule has 2 aromatic rings. The summed E-state index contributed by atoms with van der Waals surface area (Å²) in [5.74, 6) is 1.06. The van der Waals surface area contributed by atoms with Crippen molar-refractivity contribution in [1.29, 1.82) is 0 Å². The number of benzene rings is 2. The Hall–Kier alpha value is -2.57. The van der Waals surface area contributed by atoms with Gasteiger partial charge in [-0.15, -0.1) is 0 Å². The molecule has 150 valence electrons. The second-order valence-corrected chi connectivity index (χ2v) is 6.89. The second kappa shape index (κ2) is 9.57. The van der Waals surface area contributed by atoms with Gasteiger partial charge in [-0.3, -0.25) is 4.79 Å². The molecule has 0 bridgehead atoms. The van der Waals surface area contributed by atoms with Crippen molar-refractivity contribution in [2.75, 3.05) is 13.7 Å². The number of carbonyl (C=O) groups excluding carboxylic acids is 1. The lowest BCUT2D eigenvalue weighted by Gasteiger charge is -2.31. The quantitative estimate of drug-likeness (QED) is 0.797. The lowest BCUT2D eigenvalue weighted by Crippen LogP contribution is -2.45. The van der Waals surface area contributed by atoms with Gasteiger partial charge in [0.25, 0.3) is 0 Å². The standard InChI is InChI=1S/C22H27NO5/c1-15-21(28-18-6-4-3-5-7-18)20(26-13-12-19(23)22(24)27-15)14-16-8-10-17(25-2)11-9-16/h3-11,15,19-21H,12-14,23H2,1-2H3/t15-,19-,20+,21-/m0/s1. The van der Waals surface area contributed by atoms with Gasteiger partial charge in [0.05, 0.1) is 7.11 Å². The molecule has 0 aromatic heterocycles. The van der Waals surface area contributed by atoms with E-state index in [0.717, 1.165) is 11.3 Å². The molecule has 1 saturated heterocycles. The fraction of sp³-hybridized carbons (Fsp3) is 0.409. The van der Waals surface area contributed by atoms with Crippen molar-refractivity contribution in [3.63, 3.8) is 0 Å². The van der Waals surface area contributed by atoms with Gasteiger partial charge in [-0.25, -0.2) is 0 Å². The number of ether oxygens (including phenoxy) is 4. The molecule has 0 saturated carbocycles.